The molecule has 0 unspecified atom stereocenters. The highest BCUT2D eigenvalue weighted by atomic mass is 16.5. The molecule has 1 saturated carbocycles. The quantitative estimate of drug-likeness (QED) is 0.784. The van der Waals surface area contributed by atoms with Gasteiger partial charge < -0.3 is 15.0 Å². The number of amides is 2. The van der Waals surface area contributed by atoms with Crippen molar-refractivity contribution in [2.45, 2.75) is 38.1 Å². The number of hydrogen-bond acceptors (Lipinski definition) is 5. The molecule has 0 spiro atoms. The third kappa shape index (κ3) is 3.85. The van der Waals surface area contributed by atoms with Crippen molar-refractivity contribution >= 4 is 23.5 Å². The smallest absolute Gasteiger partial charge is 0.338 e. The van der Waals surface area contributed by atoms with Crippen LogP contribution in [0.2, 0.25) is 0 Å². The number of nitriles is 1. The second-order valence-corrected chi connectivity index (χ2v) is 6.91. The minimum atomic E-state index is -0.917. The first-order valence-corrected chi connectivity index (χ1v) is 8.73. The standard InChI is InChI=1S/C19H21N3O4/c1-19(12-20,14-7-8-14)21-16(23)11-26-18(25)13-4-2-5-15(10-13)22-9-3-6-17(22)24/h2,4-5,10,14H,3,6-9,11H2,1H3,(H,21,23)/t19-/m1/s1. The molecule has 1 heterocycles. The molecular formula is C19H21N3O4. The first-order valence-electron chi connectivity index (χ1n) is 8.73. The highest BCUT2D eigenvalue weighted by Crippen LogP contribution is 2.39. The molecule has 1 N–H and O–H groups in total. The van der Waals surface area contributed by atoms with Gasteiger partial charge in [-0.05, 0) is 50.3 Å². The lowest BCUT2D eigenvalue weighted by Gasteiger charge is -2.22. The average Bonchev–Trinajstić information content (AvgIpc) is 3.42. The van der Waals surface area contributed by atoms with Crippen molar-refractivity contribution < 1.29 is 19.1 Å². The molecule has 1 aromatic rings. The summed E-state index contributed by atoms with van der Waals surface area (Å²) in [7, 11) is 0. The third-order valence-corrected chi connectivity index (χ3v) is 4.83. The summed E-state index contributed by atoms with van der Waals surface area (Å²) in [5, 5.41) is 11.9. The maximum absolute atomic E-state index is 12.2. The van der Waals surface area contributed by atoms with Gasteiger partial charge in [0, 0.05) is 18.7 Å². The molecule has 1 aromatic carbocycles. The molecule has 1 aliphatic heterocycles. The molecule has 7 nitrogen and oxygen atoms in total. The zero-order chi connectivity index (χ0) is 18.7. The summed E-state index contributed by atoms with van der Waals surface area (Å²) in [6.45, 7) is 1.87. The predicted octanol–water partition coefficient (Wildman–Crippen LogP) is 1.78. The van der Waals surface area contributed by atoms with Crippen molar-refractivity contribution in [3.8, 4) is 6.07 Å². The van der Waals surface area contributed by atoms with E-state index in [1.165, 1.54) is 0 Å². The van der Waals surface area contributed by atoms with Gasteiger partial charge in [0.1, 0.15) is 5.54 Å². The Morgan fingerprint density at radius 1 is 1.42 bits per heavy atom. The number of carbonyl (C=O) groups is 3. The Labute approximate surface area is 151 Å². The summed E-state index contributed by atoms with van der Waals surface area (Å²) >= 11 is 0. The van der Waals surface area contributed by atoms with Gasteiger partial charge in [-0.2, -0.15) is 5.26 Å². The van der Waals surface area contributed by atoms with Crippen LogP contribution in [0.25, 0.3) is 0 Å². The first kappa shape index (κ1) is 17.9. The van der Waals surface area contributed by atoms with Gasteiger partial charge in [-0.25, -0.2) is 4.79 Å². The largest absolute Gasteiger partial charge is 0.452 e. The lowest BCUT2D eigenvalue weighted by atomic mass is 9.98. The lowest BCUT2D eigenvalue weighted by Crippen LogP contribution is -2.48. The summed E-state index contributed by atoms with van der Waals surface area (Å²) < 4.78 is 5.06. The van der Waals surface area contributed by atoms with E-state index in [1.807, 2.05) is 0 Å². The number of esters is 1. The van der Waals surface area contributed by atoms with E-state index < -0.39 is 24.0 Å². The Hall–Kier alpha value is -2.88. The van der Waals surface area contributed by atoms with Crippen LogP contribution in [0.15, 0.2) is 24.3 Å². The number of rotatable bonds is 6. The Bertz CT molecular complexity index is 781. The summed E-state index contributed by atoms with van der Waals surface area (Å²) in [5.74, 6) is -0.952. The lowest BCUT2D eigenvalue weighted by molar-refractivity contribution is -0.125. The summed E-state index contributed by atoms with van der Waals surface area (Å²) in [5.41, 5.74) is 0.0110. The van der Waals surface area contributed by atoms with E-state index in [2.05, 4.69) is 11.4 Å². The number of benzene rings is 1. The van der Waals surface area contributed by atoms with Crippen LogP contribution in [0, 0.1) is 17.2 Å². The van der Waals surface area contributed by atoms with E-state index in [1.54, 1.807) is 36.1 Å². The number of nitrogens with one attached hydrogen (secondary N) is 1. The van der Waals surface area contributed by atoms with Gasteiger partial charge in [0.25, 0.3) is 5.91 Å². The number of anilines is 1. The van der Waals surface area contributed by atoms with Crippen molar-refractivity contribution in [2.75, 3.05) is 18.1 Å². The van der Waals surface area contributed by atoms with Gasteiger partial charge in [0.2, 0.25) is 5.91 Å². The second-order valence-electron chi connectivity index (χ2n) is 6.91. The van der Waals surface area contributed by atoms with Gasteiger partial charge in [0.15, 0.2) is 6.61 Å². The zero-order valence-corrected chi connectivity index (χ0v) is 14.7. The summed E-state index contributed by atoms with van der Waals surface area (Å²) in [4.78, 5) is 37.7. The van der Waals surface area contributed by atoms with Crippen LogP contribution in [0.5, 0.6) is 0 Å². The first-order chi connectivity index (χ1) is 12.4. The number of hydrogen-bond donors (Lipinski definition) is 1. The fourth-order valence-corrected chi connectivity index (χ4v) is 3.14. The van der Waals surface area contributed by atoms with E-state index in [0.29, 0.717) is 18.7 Å². The molecule has 0 aromatic heterocycles. The zero-order valence-electron chi connectivity index (χ0n) is 14.7. The van der Waals surface area contributed by atoms with Crippen molar-refractivity contribution in [3.05, 3.63) is 29.8 Å². The fourth-order valence-electron chi connectivity index (χ4n) is 3.14. The molecule has 7 heteroatoms. The molecule has 1 atom stereocenters. The maximum Gasteiger partial charge on any atom is 0.338 e. The van der Waals surface area contributed by atoms with Crippen molar-refractivity contribution in [1.82, 2.24) is 5.32 Å². The highest BCUT2D eigenvalue weighted by Gasteiger charge is 2.43. The SMILES string of the molecule is C[C@](C#N)(NC(=O)COC(=O)c1cccc(N2CCCC2=O)c1)C1CC1. The summed E-state index contributed by atoms with van der Waals surface area (Å²) in [6, 6.07) is 8.73. The average molecular weight is 355 g/mol. The van der Waals surface area contributed by atoms with E-state index in [-0.39, 0.29) is 17.4 Å². The van der Waals surface area contributed by atoms with Gasteiger partial charge in [-0.3, -0.25) is 9.59 Å². The molecule has 0 radical (unpaired) electrons. The topological polar surface area (TPSA) is 99.5 Å². The molecule has 3 rings (SSSR count). The van der Waals surface area contributed by atoms with Crippen LogP contribution in [-0.2, 0) is 14.3 Å². The van der Waals surface area contributed by atoms with Crippen LogP contribution in [0.3, 0.4) is 0 Å². The predicted molar refractivity (Wildman–Crippen MR) is 93.2 cm³/mol. The number of ether oxygens (including phenoxy) is 1. The van der Waals surface area contributed by atoms with Gasteiger partial charge in [0.05, 0.1) is 11.6 Å². The Kier molecular flexibility index (Phi) is 4.94. The van der Waals surface area contributed by atoms with Crippen molar-refractivity contribution in [2.24, 2.45) is 5.92 Å². The van der Waals surface area contributed by atoms with Crippen LogP contribution in [0.4, 0.5) is 5.69 Å². The number of nitrogens with zero attached hydrogens (tertiary/aromatic N) is 2. The normalized spacial score (nSPS) is 18.8. The molecule has 2 aliphatic rings. The van der Waals surface area contributed by atoms with Crippen LogP contribution in [0.1, 0.15) is 43.0 Å². The van der Waals surface area contributed by atoms with Crippen molar-refractivity contribution in [3.63, 3.8) is 0 Å². The monoisotopic (exact) mass is 355 g/mol. The molecule has 1 saturated heterocycles. The van der Waals surface area contributed by atoms with Crippen molar-refractivity contribution in [1.29, 1.82) is 5.26 Å². The molecule has 136 valence electrons. The molecule has 2 amide bonds. The molecule has 1 aliphatic carbocycles. The Balaban J connectivity index is 1.57. The Morgan fingerprint density at radius 2 is 2.19 bits per heavy atom. The molecule has 2 fully saturated rings. The Morgan fingerprint density at radius 3 is 2.81 bits per heavy atom. The van der Waals surface area contributed by atoms with E-state index in [4.69, 9.17) is 4.74 Å². The maximum atomic E-state index is 12.2. The summed E-state index contributed by atoms with van der Waals surface area (Å²) in [6.07, 6.45) is 3.12. The molecule has 26 heavy (non-hydrogen) atoms. The number of carbonyl (C=O) groups excluding carboxylic acids is 3. The van der Waals surface area contributed by atoms with Gasteiger partial charge in [-0.1, -0.05) is 6.07 Å². The van der Waals surface area contributed by atoms with Gasteiger partial charge in [-0.15, -0.1) is 0 Å². The van der Waals surface area contributed by atoms with E-state index in [0.717, 1.165) is 19.3 Å². The minimum absolute atomic E-state index is 0.0331. The van der Waals surface area contributed by atoms with E-state index in [9.17, 15) is 19.6 Å². The third-order valence-electron chi connectivity index (χ3n) is 4.83. The minimum Gasteiger partial charge on any atom is -0.452 e. The van der Waals surface area contributed by atoms with Crippen LogP contribution < -0.4 is 10.2 Å². The van der Waals surface area contributed by atoms with Crippen LogP contribution in [-0.4, -0.2) is 36.5 Å². The van der Waals surface area contributed by atoms with E-state index >= 15 is 0 Å². The second kappa shape index (κ2) is 7.16. The molecular weight excluding hydrogens is 334 g/mol. The highest BCUT2D eigenvalue weighted by molar-refractivity contribution is 5.97. The molecule has 0 bridgehead atoms. The van der Waals surface area contributed by atoms with Crippen LogP contribution >= 0.6 is 0 Å². The fraction of sp³-hybridized carbons (Fsp3) is 0.474. The van der Waals surface area contributed by atoms with Gasteiger partial charge >= 0.3 is 5.97 Å².